The molecule has 0 saturated carbocycles. The van der Waals surface area contributed by atoms with E-state index < -0.39 is 13.9 Å². The van der Waals surface area contributed by atoms with Crippen molar-refractivity contribution < 1.29 is 32.8 Å². The monoisotopic (exact) mass is 750 g/mol. The molecule has 300 valence electrons. The van der Waals surface area contributed by atoms with Crippen molar-refractivity contribution >= 4 is 13.8 Å². The van der Waals surface area contributed by atoms with Crippen molar-refractivity contribution in [3.63, 3.8) is 0 Å². The summed E-state index contributed by atoms with van der Waals surface area (Å²) in [4.78, 5) is 22.4. The largest absolute Gasteiger partial charge is 0.472 e. The van der Waals surface area contributed by atoms with Gasteiger partial charge in [0.15, 0.2) is 0 Å². The summed E-state index contributed by atoms with van der Waals surface area (Å²) in [6.45, 7) is 4.74. The lowest BCUT2D eigenvalue weighted by Crippen LogP contribution is -2.28. The quantitative estimate of drug-likeness (QED) is 0.0277. The third-order valence-corrected chi connectivity index (χ3v) is 9.12. The van der Waals surface area contributed by atoms with Crippen molar-refractivity contribution in [2.75, 3.05) is 33.0 Å². The molecule has 0 spiro atoms. The molecular formula is C43H76NO7P. The van der Waals surface area contributed by atoms with Gasteiger partial charge in [0.05, 0.1) is 19.8 Å². The maximum atomic E-state index is 12.5. The molecule has 0 aliphatic carbocycles. The number of carbonyl (C=O) groups is 1. The van der Waals surface area contributed by atoms with E-state index in [0.717, 1.165) is 83.5 Å². The van der Waals surface area contributed by atoms with Crippen LogP contribution in [0.25, 0.3) is 0 Å². The van der Waals surface area contributed by atoms with Gasteiger partial charge in [-0.1, -0.05) is 157 Å². The van der Waals surface area contributed by atoms with Gasteiger partial charge in [0.1, 0.15) is 6.10 Å². The fourth-order valence-electron chi connectivity index (χ4n) is 5.17. The summed E-state index contributed by atoms with van der Waals surface area (Å²) in [5.74, 6) is -0.358. The first-order chi connectivity index (χ1) is 25.4. The average Bonchev–Trinajstić information content (AvgIpc) is 3.13. The third kappa shape index (κ3) is 39.2. The lowest BCUT2D eigenvalue weighted by atomic mass is 10.1. The summed E-state index contributed by atoms with van der Waals surface area (Å²) in [6.07, 6.45) is 49.2. The normalized spacial score (nSPS) is 14.3. The van der Waals surface area contributed by atoms with E-state index in [1.165, 1.54) is 51.4 Å². The summed E-state index contributed by atoms with van der Waals surface area (Å²) in [6, 6.07) is 0. The Bertz CT molecular complexity index is 1020. The molecule has 0 saturated heterocycles. The van der Waals surface area contributed by atoms with Crippen LogP contribution in [0.1, 0.15) is 155 Å². The maximum absolute atomic E-state index is 12.5. The Morgan fingerprint density at radius 3 is 1.62 bits per heavy atom. The van der Waals surface area contributed by atoms with E-state index >= 15 is 0 Å². The maximum Gasteiger partial charge on any atom is 0.472 e. The van der Waals surface area contributed by atoms with Gasteiger partial charge in [-0.2, -0.15) is 0 Å². The van der Waals surface area contributed by atoms with Crippen LogP contribution in [0, 0.1) is 0 Å². The number of nitrogens with two attached hydrogens (primary N) is 1. The van der Waals surface area contributed by atoms with E-state index in [2.05, 4.69) is 86.8 Å². The average molecular weight is 750 g/mol. The Morgan fingerprint density at radius 2 is 1.08 bits per heavy atom. The molecule has 2 unspecified atom stereocenters. The lowest BCUT2D eigenvalue weighted by Gasteiger charge is -2.20. The smallest absolute Gasteiger partial charge is 0.457 e. The molecule has 9 heteroatoms. The second-order valence-corrected chi connectivity index (χ2v) is 14.6. The zero-order valence-electron chi connectivity index (χ0n) is 33.0. The molecule has 0 fully saturated rings. The van der Waals surface area contributed by atoms with Crippen LogP contribution >= 0.6 is 7.82 Å². The number of phosphoric acid groups is 1. The summed E-state index contributed by atoms with van der Waals surface area (Å²) < 4.78 is 33.3. The first kappa shape index (κ1) is 49.9. The van der Waals surface area contributed by atoms with Gasteiger partial charge >= 0.3 is 13.8 Å². The topological polar surface area (TPSA) is 117 Å². The van der Waals surface area contributed by atoms with Gasteiger partial charge in [-0.3, -0.25) is 13.8 Å². The number of allylic oxidation sites excluding steroid dienone is 12. The van der Waals surface area contributed by atoms with E-state index in [1.54, 1.807) is 0 Å². The van der Waals surface area contributed by atoms with Crippen molar-refractivity contribution in [1.29, 1.82) is 0 Å². The van der Waals surface area contributed by atoms with E-state index in [0.29, 0.717) is 6.61 Å². The van der Waals surface area contributed by atoms with E-state index in [9.17, 15) is 14.3 Å². The summed E-state index contributed by atoms with van der Waals surface area (Å²) >= 11 is 0. The van der Waals surface area contributed by atoms with Gasteiger partial charge in [0, 0.05) is 19.6 Å². The van der Waals surface area contributed by atoms with Crippen LogP contribution in [0.4, 0.5) is 0 Å². The highest BCUT2D eigenvalue weighted by Crippen LogP contribution is 2.43. The van der Waals surface area contributed by atoms with Gasteiger partial charge in [0.25, 0.3) is 0 Å². The van der Waals surface area contributed by atoms with Gasteiger partial charge in [-0.25, -0.2) is 4.57 Å². The highest BCUT2D eigenvalue weighted by atomic mass is 31.2. The highest BCUT2D eigenvalue weighted by Gasteiger charge is 2.25. The number of unbranched alkanes of at least 4 members (excludes halogenated alkanes) is 13. The van der Waals surface area contributed by atoms with Crippen molar-refractivity contribution in [1.82, 2.24) is 0 Å². The van der Waals surface area contributed by atoms with E-state index in [-0.39, 0.29) is 38.8 Å². The summed E-state index contributed by atoms with van der Waals surface area (Å²) in [7, 11) is -4.28. The zero-order chi connectivity index (χ0) is 38.1. The first-order valence-corrected chi connectivity index (χ1v) is 21.9. The fourth-order valence-corrected chi connectivity index (χ4v) is 5.94. The van der Waals surface area contributed by atoms with Gasteiger partial charge in [-0.05, 0) is 64.2 Å². The first-order valence-electron chi connectivity index (χ1n) is 20.4. The number of hydrogen-bond donors (Lipinski definition) is 2. The van der Waals surface area contributed by atoms with Crippen LogP contribution in [0.15, 0.2) is 72.9 Å². The van der Waals surface area contributed by atoms with Gasteiger partial charge in [-0.15, -0.1) is 0 Å². The Hall–Kier alpha value is -2.06. The fraction of sp³-hybridized carbons (Fsp3) is 0.698. The van der Waals surface area contributed by atoms with Gasteiger partial charge < -0.3 is 20.1 Å². The predicted molar refractivity (Wildman–Crippen MR) is 219 cm³/mol. The number of carbonyl (C=O) groups excluding carboxylic acids is 1. The Balaban J connectivity index is 4.10. The molecule has 3 N–H and O–H groups in total. The second kappa shape index (κ2) is 40.1. The molecule has 0 aliphatic heterocycles. The van der Waals surface area contributed by atoms with Crippen molar-refractivity contribution in [3.05, 3.63) is 72.9 Å². The SMILES string of the molecule is CC/C=C\C/C=C\C/C=C\C/C=C\C/C=C\C/C=C\CCCCCCC(=O)OC(COCCCCCCCCCCCC)COP(=O)(O)OCCN. The van der Waals surface area contributed by atoms with E-state index in [4.69, 9.17) is 24.3 Å². The molecule has 8 nitrogen and oxygen atoms in total. The molecule has 0 bridgehead atoms. The van der Waals surface area contributed by atoms with Crippen molar-refractivity contribution in [3.8, 4) is 0 Å². The number of phosphoric ester groups is 1. The number of rotatable bonds is 38. The number of hydrogen-bond acceptors (Lipinski definition) is 7. The molecule has 0 radical (unpaired) electrons. The minimum absolute atomic E-state index is 0.0929. The second-order valence-electron chi connectivity index (χ2n) is 13.1. The number of esters is 1. The number of ether oxygens (including phenoxy) is 2. The molecule has 0 aromatic heterocycles. The third-order valence-electron chi connectivity index (χ3n) is 8.14. The minimum atomic E-state index is -4.28. The Morgan fingerprint density at radius 1 is 0.596 bits per heavy atom. The van der Waals surface area contributed by atoms with Crippen LogP contribution in [-0.4, -0.2) is 49.9 Å². The van der Waals surface area contributed by atoms with Crippen LogP contribution < -0.4 is 5.73 Å². The Kier molecular flexibility index (Phi) is 38.5. The molecule has 0 heterocycles. The molecule has 0 amide bonds. The molecule has 52 heavy (non-hydrogen) atoms. The highest BCUT2D eigenvalue weighted by molar-refractivity contribution is 7.47. The van der Waals surface area contributed by atoms with Crippen LogP contribution in [-0.2, 0) is 27.9 Å². The van der Waals surface area contributed by atoms with Crippen LogP contribution in [0.2, 0.25) is 0 Å². The molecule has 0 aliphatic rings. The molecular weight excluding hydrogens is 673 g/mol. The van der Waals surface area contributed by atoms with Crippen LogP contribution in [0.5, 0.6) is 0 Å². The van der Waals surface area contributed by atoms with Gasteiger partial charge in [0.2, 0.25) is 0 Å². The summed E-state index contributed by atoms with van der Waals surface area (Å²) in [5.41, 5.74) is 5.35. The van der Waals surface area contributed by atoms with Crippen LogP contribution in [0.3, 0.4) is 0 Å². The molecule has 0 aromatic carbocycles. The lowest BCUT2D eigenvalue weighted by molar-refractivity contribution is -0.154. The standard InChI is InChI=1S/C43H76NO7P/c1-3-5-7-9-11-13-15-16-17-18-19-20-21-22-23-24-25-26-27-28-30-32-34-36-43(45)51-42(41-50-52(46,47)49-39-37-44)40-48-38-35-33-31-29-14-12-10-8-6-4-2/h5,7,11,13,16-17,19-20,22-23,25-26,42H,3-4,6,8-10,12,14-15,18,21,24,27-41,44H2,1-2H3,(H,46,47)/b7-5-,13-11-,17-16-,20-19-,23-22-,26-25-. The molecule has 0 rings (SSSR count). The van der Waals surface area contributed by atoms with Crippen molar-refractivity contribution in [2.24, 2.45) is 5.73 Å². The predicted octanol–water partition coefficient (Wildman–Crippen LogP) is 12.0. The molecule has 2 atom stereocenters. The zero-order valence-corrected chi connectivity index (χ0v) is 33.9. The van der Waals surface area contributed by atoms with E-state index in [1.807, 2.05) is 0 Å². The minimum Gasteiger partial charge on any atom is -0.457 e. The summed E-state index contributed by atoms with van der Waals surface area (Å²) in [5, 5.41) is 0. The molecule has 0 aromatic rings. The Labute approximate surface area is 318 Å². The van der Waals surface area contributed by atoms with Crippen molar-refractivity contribution in [2.45, 2.75) is 161 Å².